The lowest BCUT2D eigenvalue weighted by atomic mass is 10.4. The summed E-state index contributed by atoms with van der Waals surface area (Å²) < 4.78 is 1.42. The summed E-state index contributed by atoms with van der Waals surface area (Å²) in [4.78, 5) is 9.72. The predicted molar refractivity (Wildman–Crippen MR) is 47.6 cm³/mol. The number of rotatable bonds is 4. The molecule has 0 aliphatic heterocycles. The Morgan fingerprint density at radius 3 is 2.92 bits per heavy atom. The monoisotopic (exact) mass is 204 g/mol. The number of nitrogens with two attached hydrogens (primary N) is 1. The Labute approximate surface area is 79.4 Å². The van der Waals surface area contributed by atoms with E-state index in [0.29, 0.717) is 13.1 Å². The molecule has 0 saturated heterocycles. The summed E-state index contributed by atoms with van der Waals surface area (Å²) >= 11 is 5.56. The molecule has 1 aromatic rings. The Kier molecular flexibility index (Phi) is 3.21. The van der Waals surface area contributed by atoms with Crippen LogP contribution in [0.25, 0.3) is 0 Å². The van der Waals surface area contributed by atoms with E-state index in [0.717, 1.165) is 6.42 Å². The first kappa shape index (κ1) is 9.94. The van der Waals surface area contributed by atoms with Crippen LogP contribution in [0, 0.1) is 10.1 Å². The lowest BCUT2D eigenvalue weighted by molar-refractivity contribution is -0.389. The van der Waals surface area contributed by atoms with E-state index in [1.165, 1.54) is 10.9 Å². The van der Waals surface area contributed by atoms with E-state index in [1.807, 2.05) is 0 Å². The smallest absolute Gasteiger partial charge is 0.358 e. The van der Waals surface area contributed by atoms with E-state index in [9.17, 15) is 10.1 Å². The maximum atomic E-state index is 10.3. The predicted octanol–water partition coefficient (Wildman–Crippen LogP) is 0.793. The van der Waals surface area contributed by atoms with Crippen molar-refractivity contribution in [3.8, 4) is 0 Å². The summed E-state index contributed by atoms with van der Waals surface area (Å²) in [7, 11) is 0. The molecule has 72 valence electrons. The number of nitrogens with zero attached hydrogens (tertiary/aromatic N) is 3. The van der Waals surface area contributed by atoms with Crippen LogP contribution < -0.4 is 5.73 Å². The fraction of sp³-hybridized carbons (Fsp3) is 0.500. The number of hydrogen-bond donors (Lipinski definition) is 1. The first-order valence-corrected chi connectivity index (χ1v) is 4.10. The second-order valence-electron chi connectivity index (χ2n) is 2.46. The van der Waals surface area contributed by atoms with Crippen LogP contribution in [0.4, 0.5) is 5.82 Å². The highest BCUT2D eigenvalue weighted by molar-refractivity contribution is 6.32. The average molecular weight is 205 g/mol. The van der Waals surface area contributed by atoms with E-state index in [2.05, 4.69) is 5.10 Å². The molecule has 0 aromatic carbocycles. The molecular weight excluding hydrogens is 196 g/mol. The molecule has 0 fully saturated rings. The zero-order chi connectivity index (χ0) is 9.84. The fourth-order valence-corrected chi connectivity index (χ4v) is 1.10. The molecule has 2 N–H and O–H groups in total. The number of aromatic nitrogens is 2. The van der Waals surface area contributed by atoms with Crippen LogP contribution in [-0.4, -0.2) is 21.2 Å². The number of nitro groups is 1. The van der Waals surface area contributed by atoms with Crippen molar-refractivity contribution in [1.29, 1.82) is 0 Å². The highest BCUT2D eigenvalue weighted by Crippen LogP contribution is 2.21. The number of hydrogen-bond acceptors (Lipinski definition) is 4. The molecule has 0 aliphatic carbocycles. The molecule has 0 aliphatic rings. The number of halogens is 1. The van der Waals surface area contributed by atoms with Gasteiger partial charge in [0.2, 0.25) is 0 Å². The van der Waals surface area contributed by atoms with Gasteiger partial charge in [0.15, 0.2) is 5.02 Å². The number of aryl methyl sites for hydroxylation is 1. The van der Waals surface area contributed by atoms with Crippen molar-refractivity contribution < 1.29 is 4.92 Å². The Bertz CT molecular complexity index is 312. The molecule has 1 rings (SSSR count). The summed E-state index contributed by atoms with van der Waals surface area (Å²) in [5, 5.41) is 14.1. The molecule has 0 radical (unpaired) electrons. The van der Waals surface area contributed by atoms with Crippen LogP contribution in [-0.2, 0) is 6.54 Å². The van der Waals surface area contributed by atoms with Gasteiger partial charge in [-0.25, -0.2) is 0 Å². The van der Waals surface area contributed by atoms with E-state index in [-0.39, 0.29) is 10.8 Å². The SMILES string of the molecule is NCCCn1cc(Cl)c([N+](=O)[O-])n1. The quantitative estimate of drug-likeness (QED) is 0.580. The van der Waals surface area contributed by atoms with Crippen molar-refractivity contribution in [3.63, 3.8) is 0 Å². The highest BCUT2D eigenvalue weighted by Gasteiger charge is 2.18. The summed E-state index contributed by atoms with van der Waals surface area (Å²) in [6, 6.07) is 0. The van der Waals surface area contributed by atoms with Crippen LogP contribution in [0.5, 0.6) is 0 Å². The fourth-order valence-electron chi connectivity index (χ4n) is 0.878. The van der Waals surface area contributed by atoms with Gasteiger partial charge >= 0.3 is 5.82 Å². The zero-order valence-electron chi connectivity index (χ0n) is 6.81. The van der Waals surface area contributed by atoms with Crippen molar-refractivity contribution in [2.24, 2.45) is 5.73 Å². The minimum absolute atomic E-state index is 0.0574. The first-order valence-electron chi connectivity index (χ1n) is 3.72. The third-order valence-electron chi connectivity index (χ3n) is 1.46. The Morgan fingerprint density at radius 2 is 2.46 bits per heavy atom. The molecule has 0 spiro atoms. The molecule has 0 unspecified atom stereocenters. The Balaban J connectivity index is 2.76. The average Bonchev–Trinajstić information content (AvgIpc) is 2.43. The maximum Gasteiger partial charge on any atom is 0.408 e. The summed E-state index contributed by atoms with van der Waals surface area (Å²) in [5.74, 6) is -0.307. The molecule has 0 atom stereocenters. The molecule has 0 bridgehead atoms. The molecule has 1 aromatic heterocycles. The van der Waals surface area contributed by atoms with Gasteiger partial charge in [0.05, 0.1) is 17.8 Å². The molecule has 0 amide bonds. The van der Waals surface area contributed by atoms with Crippen molar-refractivity contribution in [2.75, 3.05) is 6.54 Å². The van der Waals surface area contributed by atoms with Gasteiger partial charge in [-0.1, -0.05) is 11.6 Å². The van der Waals surface area contributed by atoms with E-state index in [4.69, 9.17) is 17.3 Å². The van der Waals surface area contributed by atoms with E-state index in [1.54, 1.807) is 0 Å². The summed E-state index contributed by atoms with van der Waals surface area (Å²) in [6.07, 6.45) is 2.14. The van der Waals surface area contributed by atoms with Crippen LogP contribution in [0.15, 0.2) is 6.20 Å². The molecule has 0 saturated carbocycles. The second-order valence-corrected chi connectivity index (χ2v) is 2.87. The van der Waals surface area contributed by atoms with Gasteiger partial charge in [-0.3, -0.25) is 0 Å². The molecule has 13 heavy (non-hydrogen) atoms. The molecule has 7 heteroatoms. The molecular formula is C6H9ClN4O2. The van der Waals surface area contributed by atoms with Crippen molar-refractivity contribution >= 4 is 17.4 Å². The lowest BCUT2D eigenvalue weighted by Gasteiger charge is -1.91. The van der Waals surface area contributed by atoms with E-state index >= 15 is 0 Å². The maximum absolute atomic E-state index is 10.3. The third kappa shape index (κ3) is 2.40. The standard InChI is InChI=1S/C6H9ClN4O2/c7-5-4-10(3-1-2-8)9-6(5)11(12)13/h4H,1-3,8H2. The van der Waals surface area contributed by atoms with Gasteiger partial charge in [0.25, 0.3) is 0 Å². The Morgan fingerprint density at radius 1 is 1.77 bits per heavy atom. The van der Waals surface area contributed by atoms with Crippen molar-refractivity contribution in [1.82, 2.24) is 9.78 Å². The summed E-state index contributed by atoms with van der Waals surface area (Å²) in [5.41, 5.74) is 5.27. The van der Waals surface area contributed by atoms with Gasteiger partial charge < -0.3 is 15.8 Å². The Hall–Kier alpha value is -1.14. The highest BCUT2D eigenvalue weighted by atomic mass is 35.5. The minimum atomic E-state index is -0.610. The van der Waals surface area contributed by atoms with Crippen LogP contribution >= 0.6 is 11.6 Å². The van der Waals surface area contributed by atoms with Crippen LogP contribution in [0.3, 0.4) is 0 Å². The van der Waals surface area contributed by atoms with Gasteiger partial charge in [0.1, 0.15) is 0 Å². The van der Waals surface area contributed by atoms with Gasteiger partial charge in [0, 0.05) is 0 Å². The van der Waals surface area contributed by atoms with Gasteiger partial charge in [-0.2, -0.15) is 4.68 Å². The molecule has 1 heterocycles. The van der Waals surface area contributed by atoms with Crippen molar-refractivity contribution in [2.45, 2.75) is 13.0 Å². The normalized spacial score (nSPS) is 10.3. The third-order valence-corrected chi connectivity index (χ3v) is 1.73. The zero-order valence-corrected chi connectivity index (χ0v) is 7.57. The first-order chi connectivity index (χ1) is 6.15. The van der Waals surface area contributed by atoms with Gasteiger partial charge in [-0.05, 0) is 17.9 Å². The minimum Gasteiger partial charge on any atom is -0.358 e. The van der Waals surface area contributed by atoms with Gasteiger partial charge in [-0.15, -0.1) is 0 Å². The summed E-state index contributed by atoms with van der Waals surface area (Å²) in [6.45, 7) is 1.06. The molecule has 6 nitrogen and oxygen atoms in total. The topological polar surface area (TPSA) is 87.0 Å². The lowest BCUT2D eigenvalue weighted by Crippen LogP contribution is -2.06. The van der Waals surface area contributed by atoms with Crippen LogP contribution in [0.2, 0.25) is 5.02 Å². The van der Waals surface area contributed by atoms with Crippen LogP contribution in [0.1, 0.15) is 6.42 Å². The largest absolute Gasteiger partial charge is 0.408 e. The van der Waals surface area contributed by atoms with Crippen molar-refractivity contribution in [3.05, 3.63) is 21.3 Å². The second kappa shape index (κ2) is 4.20. The van der Waals surface area contributed by atoms with E-state index < -0.39 is 4.92 Å².